The number of carboxylic acid groups (broad SMARTS) is 1. The minimum atomic E-state index is -1.09. The third-order valence-corrected chi connectivity index (χ3v) is 3.37. The highest BCUT2D eigenvalue weighted by Crippen LogP contribution is 2.24. The van der Waals surface area contributed by atoms with Crippen molar-refractivity contribution in [2.45, 2.75) is 13.0 Å². The second kappa shape index (κ2) is 6.58. The van der Waals surface area contributed by atoms with Gasteiger partial charge in [0.05, 0.1) is 6.61 Å². The first-order valence-corrected chi connectivity index (χ1v) is 6.70. The highest BCUT2D eigenvalue weighted by atomic mass is 16.5. The van der Waals surface area contributed by atoms with E-state index in [0.29, 0.717) is 13.2 Å². The molecule has 0 aromatic heterocycles. The van der Waals surface area contributed by atoms with E-state index in [9.17, 15) is 4.79 Å². The second-order valence-corrected chi connectivity index (χ2v) is 4.72. The number of morpholine rings is 1. The summed E-state index contributed by atoms with van der Waals surface area (Å²) in [5, 5.41) is 9.16. The normalized spacial score (nSPS) is 19.8. The topological polar surface area (TPSA) is 85.0 Å². The average molecular weight is 280 g/mol. The number of carboxylic acids is 1. The Hall–Kier alpha value is -1.79. The average Bonchev–Trinajstić information content (AvgIpc) is 2.45. The molecule has 2 rings (SSSR count). The van der Waals surface area contributed by atoms with Crippen molar-refractivity contribution in [3.8, 4) is 5.75 Å². The summed E-state index contributed by atoms with van der Waals surface area (Å²) < 4.78 is 11.2. The van der Waals surface area contributed by atoms with Crippen molar-refractivity contribution in [1.82, 2.24) is 4.90 Å². The fourth-order valence-electron chi connectivity index (χ4n) is 2.25. The number of aromatic carboxylic acids is 1. The molecule has 0 saturated carbocycles. The van der Waals surface area contributed by atoms with Crippen LogP contribution >= 0.6 is 0 Å². The molecule has 1 atom stereocenters. The second-order valence-electron chi connectivity index (χ2n) is 4.72. The molecule has 1 heterocycles. The molecule has 20 heavy (non-hydrogen) atoms. The Morgan fingerprint density at radius 2 is 2.40 bits per heavy atom. The first kappa shape index (κ1) is 14.6. The summed E-state index contributed by atoms with van der Waals surface area (Å²) >= 11 is 0. The molecule has 1 aliphatic heterocycles. The molecule has 3 N–H and O–H groups in total. The Bertz CT molecular complexity index is 478. The highest BCUT2D eigenvalue weighted by Gasteiger charge is 2.21. The zero-order valence-electron chi connectivity index (χ0n) is 11.5. The predicted molar refractivity (Wildman–Crippen MR) is 75.2 cm³/mol. The zero-order chi connectivity index (χ0) is 14.5. The highest BCUT2D eigenvalue weighted by molar-refractivity contribution is 5.96. The maximum absolute atomic E-state index is 11.2. The van der Waals surface area contributed by atoms with Gasteiger partial charge in [-0.05, 0) is 18.7 Å². The van der Waals surface area contributed by atoms with Crippen LogP contribution in [-0.2, 0) is 4.74 Å². The van der Waals surface area contributed by atoms with Crippen molar-refractivity contribution in [3.63, 3.8) is 0 Å². The molecule has 6 nitrogen and oxygen atoms in total. The number of ether oxygens (including phenoxy) is 2. The fourth-order valence-corrected chi connectivity index (χ4v) is 2.25. The summed E-state index contributed by atoms with van der Waals surface area (Å²) in [6, 6.07) is 4.84. The van der Waals surface area contributed by atoms with Crippen LogP contribution in [0.3, 0.4) is 0 Å². The number of nitrogens with two attached hydrogens (primary N) is 1. The Labute approximate surface area is 118 Å². The first-order chi connectivity index (χ1) is 9.61. The summed E-state index contributed by atoms with van der Waals surface area (Å²) in [6.07, 6.45) is -0.0493. The van der Waals surface area contributed by atoms with Crippen LogP contribution in [0.4, 0.5) is 5.69 Å². The maximum atomic E-state index is 11.2. The van der Waals surface area contributed by atoms with E-state index < -0.39 is 5.97 Å². The number of nitrogens with zero attached hydrogens (tertiary/aromatic N) is 1. The van der Waals surface area contributed by atoms with E-state index in [1.165, 1.54) is 0 Å². The van der Waals surface area contributed by atoms with Crippen LogP contribution in [0.1, 0.15) is 17.3 Å². The van der Waals surface area contributed by atoms with Crippen molar-refractivity contribution >= 4 is 11.7 Å². The van der Waals surface area contributed by atoms with E-state index in [1.54, 1.807) is 18.2 Å². The molecular formula is C14H20N2O4. The molecule has 1 saturated heterocycles. The Morgan fingerprint density at radius 3 is 3.10 bits per heavy atom. The summed E-state index contributed by atoms with van der Waals surface area (Å²) in [5.74, 6) is -0.799. The van der Waals surface area contributed by atoms with Gasteiger partial charge in [0.2, 0.25) is 0 Å². The molecule has 0 aliphatic carbocycles. The number of hydrogen-bond donors (Lipinski definition) is 2. The summed E-state index contributed by atoms with van der Waals surface area (Å²) in [7, 11) is 0. The molecule has 0 amide bonds. The van der Waals surface area contributed by atoms with E-state index in [0.717, 1.165) is 19.6 Å². The molecule has 0 radical (unpaired) electrons. The molecular weight excluding hydrogens is 260 g/mol. The van der Waals surface area contributed by atoms with E-state index in [1.807, 2.05) is 0 Å². The number of benzene rings is 1. The van der Waals surface area contributed by atoms with Crippen molar-refractivity contribution < 1.29 is 19.4 Å². The van der Waals surface area contributed by atoms with Gasteiger partial charge >= 0.3 is 5.97 Å². The van der Waals surface area contributed by atoms with Gasteiger partial charge in [0.1, 0.15) is 24.0 Å². The monoisotopic (exact) mass is 280 g/mol. The third-order valence-electron chi connectivity index (χ3n) is 3.37. The molecule has 0 spiro atoms. The number of carbonyl (C=O) groups is 1. The summed E-state index contributed by atoms with van der Waals surface area (Å²) in [6.45, 7) is 5.78. The Morgan fingerprint density at radius 1 is 1.60 bits per heavy atom. The van der Waals surface area contributed by atoms with Gasteiger partial charge in [0, 0.05) is 18.8 Å². The van der Waals surface area contributed by atoms with Crippen LogP contribution in [0.2, 0.25) is 0 Å². The van der Waals surface area contributed by atoms with Crippen molar-refractivity contribution in [2.75, 3.05) is 38.6 Å². The van der Waals surface area contributed by atoms with Crippen LogP contribution < -0.4 is 10.5 Å². The standard InChI is InChI=1S/C14H20N2O4/c1-2-16-6-7-19-10(8-16)9-20-12-5-3-4-11(15)13(12)14(17)18/h3-5,10H,2,6-9,15H2,1H3,(H,17,18). The van der Waals surface area contributed by atoms with Crippen LogP contribution in [-0.4, -0.2) is 54.9 Å². The lowest BCUT2D eigenvalue weighted by Gasteiger charge is -2.31. The van der Waals surface area contributed by atoms with E-state index in [4.69, 9.17) is 20.3 Å². The molecule has 6 heteroatoms. The van der Waals surface area contributed by atoms with Crippen LogP contribution in [0.5, 0.6) is 5.75 Å². The Kier molecular flexibility index (Phi) is 4.81. The van der Waals surface area contributed by atoms with Crippen molar-refractivity contribution in [2.24, 2.45) is 0 Å². The van der Waals surface area contributed by atoms with Gasteiger partial charge in [-0.1, -0.05) is 13.0 Å². The smallest absolute Gasteiger partial charge is 0.341 e. The maximum Gasteiger partial charge on any atom is 0.341 e. The molecule has 1 unspecified atom stereocenters. The largest absolute Gasteiger partial charge is 0.490 e. The van der Waals surface area contributed by atoms with Crippen LogP contribution in [0.25, 0.3) is 0 Å². The lowest BCUT2D eigenvalue weighted by molar-refractivity contribution is -0.0465. The summed E-state index contributed by atoms with van der Waals surface area (Å²) in [4.78, 5) is 13.5. The lowest BCUT2D eigenvalue weighted by Crippen LogP contribution is -2.44. The zero-order valence-corrected chi connectivity index (χ0v) is 11.5. The van der Waals surface area contributed by atoms with E-state index >= 15 is 0 Å². The van der Waals surface area contributed by atoms with Crippen LogP contribution in [0, 0.1) is 0 Å². The van der Waals surface area contributed by atoms with Gasteiger partial charge in [-0.2, -0.15) is 0 Å². The molecule has 1 fully saturated rings. The fraction of sp³-hybridized carbons (Fsp3) is 0.500. The van der Waals surface area contributed by atoms with Gasteiger partial charge < -0.3 is 20.3 Å². The molecule has 110 valence electrons. The molecule has 1 aromatic rings. The van der Waals surface area contributed by atoms with Gasteiger partial charge in [0.15, 0.2) is 0 Å². The van der Waals surface area contributed by atoms with Gasteiger partial charge in [-0.15, -0.1) is 0 Å². The predicted octanol–water partition coefficient (Wildman–Crippen LogP) is 1.07. The number of rotatable bonds is 5. The number of anilines is 1. The minimum Gasteiger partial charge on any atom is -0.490 e. The van der Waals surface area contributed by atoms with Gasteiger partial charge in [-0.3, -0.25) is 4.90 Å². The minimum absolute atomic E-state index is 0.00987. The van der Waals surface area contributed by atoms with Crippen LogP contribution in [0.15, 0.2) is 18.2 Å². The van der Waals surface area contributed by atoms with Crippen molar-refractivity contribution in [1.29, 1.82) is 0 Å². The molecule has 0 bridgehead atoms. The quantitative estimate of drug-likeness (QED) is 0.785. The van der Waals surface area contributed by atoms with Crippen molar-refractivity contribution in [3.05, 3.63) is 23.8 Å². The summed E-state index contributed by atoms with van der Waals surface area (Å²) in [5.41, 5.74) is 5.89. The molecule has 1 aliphatic rings. The Balaban J connectivity index is 2.00. The van der Waals surface area contributed by atoms with Gasteiger partial charge in [-0.25, -0.2) is 4.79 Å². The van der Waals surface area contributed by atoms with E-state index in [-0.39, 0.29) is 23.1 Å². The SMILES string of the molecule is CCN1CCOC(COc2cccc(N)c2C(=O)O)C1. The van der Waals surface area contributed by atoms with Gasteiger partial charge in [0.25, 0.3) is 0 Å². The third kappa shape index (κ3) is 3.40. The number of nitrogen functional groups attached to an aromatic ring is 1. The van der Waals surface area contributed by atoms with E-state index in [2.05, 4.69) is 11.8 Å². The first-order valence-electron chi connectivity index (χ1n) is 6.70. The lowest BCUT2D eigenvalue weighted by atomic mass is 10.1. The number of likely N-dealkylation sites (N-methyl/N-ethyl adjacent to an activating group) is 1. The molecule has 1 aromatic carbocycles. The number of hydrogen-bond acceptors (Lipinski definition) is 5.